The van der Waals surface area contributed by atoms with Gasteiger partial charge in [-0.15, -0.1) is 0 Å². The fourth-order valence-corrected chi connectivity index (χ4v) is 4.87. The average Bonchev–Trinajstić information content (AvgIpc) is 2.61. The second-order valence-corrected chi connectivity index (χ2v) is 8.26. The van der Waals surface area contributed by atoms with Crippen molar-refractivity contribution in [3.63, 3.8) is 0 Å². The van der Waals surface area contributed by atoms with E-state index < -0.39 is 10.0 Å². The Morgan fingerprint density at radius 2 is 1.88 bits per heavy atom. The van der Waals surface area contributed by atoms with Crippen molar-refractivity contribution >= 4 is 27.5 Å². The van der Waals surface area contributed by atoms with Crippen LogP contribution in [0.25, 0.3) is 0 Å². The number of nitrogens with zero attached hydrogens (tertiary/aromatic N) is 2. The number of piperidine rings is 1. The predicted octanol–water partition coefficient (Wildman–Crippen LogP) is 1.15. The number of amides is 2. The second-order valence-electron chi connectivity index (χ2n) is 6.36. The summed E-state index contributed by atoms with van der Waals surface area (Å²) in [7, 11) is -2.47. The maximum absolute atomic E-state index is 13.1. The molecule has 26 heavy (non-hydrogen) atoms. The lowest BCUT2D eigenvalue weighted by atomic mass is 10.1. The van der Waals surface area contributed by atoms with Gasteiger partial charge in [0.15, 0.2) is 0 Å². The molecule has 0 spiro atoms. The quantitative estimate of drug-likeness (QED) is 0.725. The summed E-state index contributed by atoms with van der Waals surface area (Å²) in [5, 5.41) is 0. The molecule has 2 fully saturated rings. The predicted molar refractivity (Wildman–Crippen MR) is 93.5 cm³/mol. The zero-order valence-electron chi connectivity index (χ0n) is 14.8. The van der Waals surface area contributed by atoms with E-state index in [1.54, 1.807) is 6.92 Å². The van der Waals surface area contributed by atoms with Crippen molar-refractivity contribution < 1.29 is 27.5 Å². The third kappa shape index (κ3) is 3.46. The number of carbonyl (C=O) groups excluding carboxylic acids is 2. The fourth-order valence-electron chi connectivity index (χ4n) is 3.19. The lowest BCUT2D eigenvalue weighted by molar-refractivity contribution is -0.129. The molecule has 2 heterocycles. The average molecular weight is 382 g/mol. The maximum atomic E-state index is 13.1. The summed E-state index contributed by atoms with van der Waals surface area (Å²) in [6.45, 7) is 2.59. The molecule has 8 nitrogen and oxygen atoms in total. The van der Waals surface area contributed by atoms with Gasteiger partial charge in [-0.1, -0.05) is 0 Å². The van der Waals surface area contributed by atoms with Crippen LogP contribution >= 0.6 is 0 Å². The Bertz CT molecular complexity index is 807. The summed E-state index contributed by atoms with van der Waals surface area (Å²) >= 11 is 0. The van der Waals surface area contributed by atoms with Gasteiger partial charge in [0, 0.05) is 25.9 Å². The maximum Gasteiger partial charge on any atom is 0.247 e. The molecule has 2 amide bonds. The van der Waals surface area contributed by atoms with E-state index in [-0.39, 0.29) is 60.2 Å². The molecule has 9 heteroatoms. The van der Waals surface area contributed by atoms with Gasteiger partial charge < -0.3 is 9.47 Å². The highest BCUT2D eigenvalue weighted by atomic mass is 32.2. The fraction of sp³-hybridized carbons (Fsp3) is 0.529. The van der Waals surface area contributed by atoms with E-state index in [9.17, 15) is 18.0 Å². The number of morpholine rings is 1. The van der Waals surface area contributed by atoms with Gasteiger partial charge in [0.05, 0.1) is 25.5 Å². The lowest BCUT2D eigenvalue weighted by Crippen LogP contribution is -2.44. The van der Waals surface area contributed by atoms with E-state index in [1.807, 2.05) is 0 Å². The van der Waals surface area contributed by atoms with E-state index in [0.717, 1.165) is 4.90 Å². The zero-order valence-corrected chi connectivity index (χ0v) is 15.6. The van der Waals surface area contributed by atoms with Gasteiger partial charge in [-0.05, 0) is 31.5 Å². The van der Waals surface area contributed by atoms with Crippen LogP contribution in [-0.4, -0.2) is 57.4 Å². The van der Waals surface area contributed by atoms with Crippen LogP contribution in [0.4, 0.5) is 5.69 Å². The number of methoxy groups -OCH3 is 1. The van der Waals surface area contributed by atoms with Crippen molar-refractivity contribution in [2.75, 3.05) is 31.7 Å². The zero-order chi connectivity index (χ0) is 18.9. The Morgan fingerprint density at radius 1 is 1.19 bits per heavy atom. The Labute approximate surface area is 152 Å². The molecule has 0 aromatic heterocycles. The van der Waals surface area contributed by atoms with Crippen molar-refractivity contribution in [1.29, 1.82) is 0 Å². The van der Waals surface area contributed by atoms with Gasteiger partial charge in [0.2, 0.25) is 21.8 Å². The molecule has 0 saturated carbocycles. The Balaban J connectivity index is 2.03. The van der Waals surface area contributed by atoms with Gasteiger partial charge in [0.25, 0.3) is 0 Å². The first-order chi connectivity index (χ1) is 12.3. The van der Waals surface area contributed by atoms with Crippen molar-refractivity contribution in [3.05, 3.63) is 18.2 Å². The molecule has 0 radical (unpaired) electrons. The van der Waals surface area contributed by atoms with Crippen LogP contribution in [0.2, 0.25) is 0 Å². The number of hydrogen-bond acceptors (Lipinski definition) is 6. The molecule has 2 aliphatic heterocycles. The van der Waals surface area contributed by atoms with Gasteiger partial charge in [0.1, 0.15) is 10.6 Å². The minimum Gasteiger partial charge on any atom is -0.495 e. The number of imide groups is 1. The topological polar surface area (TPSA) is 93.2 Å². The molecule has 142 valence electrons. The first-order valence-corrected chi connectivity index (χ1v) is 9.94. The highest BCUT2D eigenvalue weighted by molar-refractivity contribution is 7.89. The minimum atomic E-state index is -3.85. The summed E-state index contributed by atoms with van der Waals surface area (Å²) in [6, 6.07) is 4.34. The van der Waals surface area contributed by atoms with E-state index >= 15 is 0 Å². The summed E-state index contributed by atoms with van der Waals surface area (Å²) in [6.07, 6.45) is 0.834. The molecule has 1 unspecified atom stereocenters. The summed E-state index contributed by atoms with van der Waals surface area (Å²) < 4.78 is 38.2. The molecular weight excluding hydrogens is 360 g/mol. The number of benzene rings is 1. The monoisotopic (exact) mass is 382 g/mol. The minimum absolute atomic E-state index is 0.0576. The van der Waals surface area contributed by atoms with E-state index in [1.165, 1.54) is 29.6 Å². The van der Waals surface area contributed by atoms with Gasteiger partial charge in [-0.25, -0.2) is 8.42 Å². The standard InChI is InChI=1S/C17H22N2O6S/c1-12-11-18(8-9-25-12)26(22,23)15-10-13(6-7-14(15)24-2)19-16(20)4-3-5-17(19)21/h6-7,10,12H,3-5,8-9,11H2,1-2H3. The number of anilines is 1. The number of ether oxygens (including phenoxy) is 2. The number of rotatable bonds is 4. The van der Waals surface area contributed by atoms with Crippen LogP contribution in [0.5, 0.6) is 5.75 Å². The summed E-state index contributed by atoms with van der Waals surface area (Å²) in [4.78, 5) is 25.3. The first-order valence-electron chi connectivity index (χ1n) is 8.50. The second kappa shape index (κ2) is 7.34. The van der Waals surface area contributed by atoms with E-state index in [4.69, 9.17) is 9.47 Å². The molecule has 0 aliphatic carbocycles. The summed E-state index contributed by atoms with van der Waals surface area (Å²) in [5.74, 6) is -0.477. The molecule has 1 aromatic rings. The van der Waals surface area contributed by atoms with Crippen LogP contribution in [0.15, 0.2) is 23.1 Å². The smallest absolute Gasteiger partial charge is 0.247 e. The third-order valence-corrected chi connectivity index (χ3v) is 6.39. The molecule has 1 atom stereocenters. The van der Waals surface area contributed by atoms with Gasteiger partial charge >= 0.3 is 0 Å². The molecule has 2 saturated heterocycles. The summed E-state index contributed by atoms with van der Waals surface area (Å²) in [5.41, 5.74) is 0.250. The normalized spacial score (nSPS) is 22.5. The number of carbonyl (C=O) groups is 2. The lowest BCUT2D eigenvalue weighted by Gasteiger charge is -2.31. The van der Waals surface area contributed by atoms with Crippen LogP contribution in [-0.2, 0) is 24.3 Å². The van der Waals surface area contributed by atoms with Gasteiger partial charge in [-0.2, -0.15) is 4.31 Å². The Morgan fingerprint density at radius 3 is 2.50 bits per heavy atom. The molecule has 0 bridgehead atoms. The van der Waals surface area contributed by atoms with Crippen molar-refractivity contribution in [3.8, 4) is 5.75 Å². The molecule has 1 aromatic carbocycles. The Hall–Kier alpha value is -1.97. The highest BCUT2D eigenvalue weighted by Gasteiger charge is 2.34. The van der Waals surface area contributed by atoms with Crippen LogP contribution in [0.3, 0.4) is 0 Å². The SMILES string of the molecule is COc1ccc(N2C(=O)CCCC2=O)cc1S(=O)(=O)N1CCOC(C)C1. The Kier molecular flexibility index (Phi) is 5.31. The van der Waals surface area contributed by atoms with Crippen LogP contribution in [0, 0.1) is 0 Å². The molecule has 0 N–H and O–H groups in total. The van der Waals surface area contributed by atoms with Crippen LogP contribution in [0.1, 0.15) is 26.2 Å². The van der Waals surface area contributed by atoms with Crippen LogP contribution < -0.4 is 9.64 Å². The molecule has 3 rings (SSSR count). The van der Waals surface area contributed by atoms with Crippen molar-refractivity contribution in [2.24, 2.45) is 0 Å². The van der Waals surface area contributed by atoms with Crippen molar-refractivity contribution in [1.82, 2.24) is 4.31 Å². The third-order valence-electron chi connectivity index (χ3n) is 4.51. The number of sulfonamides is 1. The van der Waals surface area contributed by atoms with Crippen molar-refractivity contribution in [2.45, 2.75) is 37.2 Å². The molecule has 2 aliphatic rings. The first kappa shape index (κ1) is 18.8. The van der Waals surface area contributed by atoms with E-state index in [0.29, 0.717) is 13.0 Å². The van der Waals surface area contributed by atoms with Gasteiger partial charge in [-0.3, -0.25) is 14.5 Å². The molecular formula is C17H22N2O6S. The largest absolute Gasteiger partial charge is 0.495 e. The van der Waals surface area contributed by atoms with E-state index in [2.05, 4.69) is 0 Å². The highest BCUT2D eigenvalue weighted by Crippen LogP contribution is 2.33. The number of hydrogen-bond donors (Lipinski definition) is 0.